The summed E-state index contributed by atoms with van der Waals surface area (Å²) in [5.41, 5.74) is 6.30. The van der Waals surface area contributed by atoms with Crippen molar-refractivity contribution in [3.05, 3.63) is 34.9 Å². The Bertz CT molecular complexity index is 690. The maximum Gasteiger partial charge on any atom is 0.277 e. The van der Waals surface area contributed by atoms with Gasteiger partial charge in [0.25, 0.3) is 5.22 Å². The molecule has 20 heavy (non-hydrogen) atoms. The van der Waals surface area contributed by atoms with E-state index in [-0.39, 0.29) is 6.54 Å². The Kier molecular flexibility index (Phi) is 3.86. The molecule has 3 aromatic heterocycles. The predicted octanol–water partition coefficient (Wildman–Crippen LogP) is 2.85. The Balaban J connectivity index is 1.71. The summed E-state index contributed by atoms with van der Waals surface area (Å²) in [6.45, 7) is 2.15. The first kappa shape index (κ1) is 13.3. The third kappa shape index (κ3) is 2.77. The Morgan fingerprint density at radius 2 is 2.25 bits per heavy atom. The molecular weight excluding hydrogens is 296 g/mol. The smallest absolute Gasteiger partial charge is 0.277 e. The molecular formula is C12H12N4O2S2. The monoisotopic (exact) mass is 308 g/mol. The molecule has 0 atom stereocenters. The first-order valence-electron chi connectivity index (χ1n) is 5.91. The Morgan fingerprint density at radius 3 is 2.95 bits per heavy atom. The summed E-state index contributed by atoms with van der Waals surface area (Å²) in [5, 5.41) is 10.2. The first-order valence-corrected chi connectivity index (χ1v) is 7.78. The number of rotatable bonds is 5. The second-order valence-corrected chi connectivity index (χ2v) is 5.83. The molecule has 0 aliphatic rings. The van der Waals surface area contributed by atoms with E-state index < -0.39 is 0 Å². The quantitative estimate of drug-likeness (QED) is 0.724. The number of hydrogen-bond acceptors (Lipinski definition) is 8. The molecule has 0 saturated carbocycles. The largest absolute Gasteiger partial charge is 0.440 e. The molecule has 3 heterocycles. The molecule has 0 spiro atoms. The molecule has 0 unspecified atom stereocenters. The van der Waals surface area contributed by atoms with E-state index >= 15 is 0 Å². The van der Waals surface area contributed by atoms with E-state index in [2.05, 4.69) is 15.2 Å². The van der Waals surface area contributed by atoms with Gasteiger partial charge in [-0.1, -0.05) is 17.8 Å². The maximum absolute atomic E-state index is 5.67. The third-order valence-corrected chi connectivity index (χ3v) is 4.27. The van der Waals surface area contributed by atoms with Crippen LogP contribution in [0.3, 0.4) is 0 Å². The zero-order valence-electron chi connectivity index (χ0n) is 10.7. The summed E-state index contributed by atoms with van der Waals surface area (Å²) in [6.07, 6.45) is 0. The van der Waals surface area contributed by atoms with Crippen LogP contribution in [0.2, 0.25) is 0 Å². The number of hydrogen-bond donors (Lipinski definition) is 1. The van der Waals surface area contributed by atoms with Crippen molar-refractivity contribution in [3.8, 4) is 10.8 Å². The van der Waals surface area contributed by atoms with Gasteiger partial charge >= 0.3 is 0 Å². The minimum Gasteiger partial charge on any atom is -0.440 e. The minimum atomic E-state index is 0.249. The Labute approximate surface area is 123 Å². The van der Waals surface area contributed by atoms with Gasteiger partial charge in [0.1, 0.15) is 5.76 Å². The molecule has 0 bridgehead atoms. The first-order chi connectivity index (χ1) is 9.76. The van der Waals surface area contributed by atoms with Crippen molar-refractivity contribution in [2.24, 2.45) is 5.73 Å². The van der Waals surface area contributed by atoms with Crippen molar-refractivity contribution in [2.45, 2.75) is 24.4 Å². The van der Waals surface area contributed by atoms with E-state index in [9.17, 15) is 0 Å². The van der Waals surface area contributed by atoms with E-state index in [0.29, 0.717) is 22.8 Å². The summed E-state index contributed by atoms with van der Waals surface area (Å²) in [5.74, 6) is 2.51. The van der Waals surface area contributed by atoms with E-state index in [0.717, 1.165) is 16.3 Å². The summed E-state index contributed by atoms with van der Waals surface area (Å²) in [4.78, 5) is 5.52. The number of thioether (sulfide) groups is 1. The minimum absolute atomic E-state index is 0.249. The van der Waals surface area contributed by atoms with Crippen LogP contribution >= 0.6 is 23.1 Å². The lowest BCUT2D eigenvalue weighted by Crippen LogP contribution is -1.95. The molecule has 0 amide bonds. The maximum atomic E-state index is 5.67. The van der Waals surface area contributed by atoms with Crippen molar-refractivity contribution in [1.29, 1.82) is 0 Å². The van der Waals surface area contributed by atoms with Gasteiger partial charge in [-0.25, -0.2) is 4.98 Å². The van der Waals surface area contributed by atoms with Gasteiger partial charge < -0.3 is 14.6 Å². The molecule has 0 radical (unpaired) electrons. The molecule has 8 heteroatoms. The van der Waals surface area contributed by atoms with Crippen LogP contribution in [0.4, 0.5) is 0 Å². The van der Waals surface area contributed by atoms with E-state index in [1.807, 2.05) is 24.4 Å². The van der Waals surface area contributed by atoms with Gasteiger partial charge in [-0.2, -0.15) is 0 Å². The molecule has 2 N–H and O–H groups in total. The van der Waals surface area contributed by atoms with Crippen LogP contribution in [0.15, 0.2) is 31.6 Å². The Hall–Kier alpha value is -1.64. The lowest BCUT2D eigenvalue weighted by atomic mass is 10.4. The fraction of sp³-hybridized carbons (Fsp3) is 0.250. The fourth-order valence-corrected chi connectivity index (χ4v) is 3.01. The standard InChI is InChI=1S/C12H12N4O2S2/c1-7-8(6-20-12-16-15-10(5-13)18-12)14-11(17-7)9-3-2-4-19-9/h2-4H,5-6,13H2,1H3. The van der Waals surface area contributed by atoms with E-state index in [1.54, 1.807) is 11.3 Å². The Morgan fingerprint density at radius 1 is 1.35 bits per heavy atom. The molecule has 0 aromatic carbocycles. The number of thiophene rings is 1. The normalized spacial score (nSPS) is 11.1. The highest BCUT2D eigenvalue weighted by Gasteiger charge is 2.14. The van der Waals surface area contributed by atoms with Gasteiger partial charge in [-0.15, -0.1) is 21.5 Å². The zero-order valence-corrected chi connectivity index (χ0v) is 12.3. The number of nitrogens with zero attached hydrogens (tertiary/aromatic N) is 3. The molecule has 0 aliphatic carbocycles. The molecule has 0 fully saturated rings. The predicted molar refractivity (Wildman–Crippen MR) is 76.3 cm³/mol. The van der Waals surface area contributed by atoms with E-state index in [1.165, 1.54) is 11.8 Å². The summed E-state index contributed by atoms with van der Waals surface area (Å²) in [6, 6.07) is 3.96. The van der Waals surface area contributed by atoms with Gasteiger partial charge in [-0.3, -0.25) is 0 Å². The van der Waals surface area contributed by atoms with Crippen molar-refractivity contribution < 1.29 is 8.83 Å². The van der Waals surface area contributed by atoms with Crippen LogP contribution in [0.25, 0.3) is 10.8 Å². The molecule has 3 aromatic rings. The van der Waals surface area contributed by atoms with Crippen LogP contribution in [0, 0.1) is 6.92 Å². The fourth-order valence-electron chi connectivity index (χ4n) is 1.58. The topological polar surface area (TPSA) is 91.0 Å². The number of aryl methyl sites for hydroxylation is 1. The van der Waals surface area contributed by atoms with Gasteiger partial charge in [0.2, 0.25) is 11.8 Å². The average molecular weight is 308 g/mol. The SMILES string of the molecule is Cc1oc(-c2cccs2)nc1CSc1nnc(CN)o1. The number of nitrogens with two attached hydrogens (primary N) is 1. The van der Waals surface area contributed by atoms with Crippen molar-refractivity contribution >= 4 is 23.1 Å². The van der Waals surface area contributed by atoms with Gasteiger partial charge in [0.15, 0.2) is 0 Å². The van der Waals surface area contributed by atoms with Crippen molar-refractivity contribution in [2.75, 3.05) is 0 Å². The van der Waals surface area contributed by atoms with Crippen molar-refractivity contribution in [1.82, 2.24) is 15.2 Å². The number of oxazole rings is 1. The molecule has 0 saturated heterocycles. The van der Waals surface area contributed by atoms with E-state index in [4.69, 9.17) is 14.6 Å². The van der Waals surface area contributed by atoms with Crippen molar-refractivity contribution in [3.63, 3.8) is 0 Å². The second-order valence-electron chi connectivity index (χ2n) is 3.95. The molecule has 0 aliphatic heterocycles. The van der Waals surface area contributed by atoms with Gasteiger partial charge in [0.05, 0.1) is 17.1 Å². The van der Waals surface area contributed by atoms with Gasteiger partial charge in [0, 0.05) is 5.75 Å². The van der Waals surface area contributed by atoms with Crippen LogP contribution < -0.4 is 5.73 Å². The summed E-state index contributed by atoms with van der Waals surface area (Å²) < 4.78 is 11.0. The lowest BCUT2D eigenvalue weighted by Gasteiger charge is -1.92. The highest BCUT2D eigenvalue weighted by atomic mass is 32.2. The van der Waals surface area contributed by atoms with Crippen LogP contribution in [0.1, 0.15) is 17.3 Å². The van der Waals surface area contributed by atoms with Crippen LogP contribution in [-0.4, -0.2) is 15.2 Å². The van der Waals surface area contributed by atoms with Gasteiger partial charge in [-0.05, 0) is 18.4 Å². The molecule has 6 nitrogen and oxygen atoms in total. The van der Waals surface area contributed by atoms with Crippen LogP contribution in [-0.2, 0) is 12.3 Å². The second kappa shape index (κ2) is 5.78. The zero-order chi connectivity index (χ0) is 13.9. The highest BCUT2D eigenvalue weighted by Crippen LogP contribution is 2.29. The highest BCUT2D eigenvalue weighted by molar-refractivity contribution is 7.98. The number of aromatic nitrogens is 3. The summed E-state index contributed by atoms with van der Waals surface area (Å²) in [7, 11) is 0. The lowest BCUT2D eigenvalue weighted by molar-refractivity contribution is 0.414. The van der Waals surface area contributed by atoms with Crippen LogP contribution in [0.5, 0.6) is 0 Å². The molecule has 3 rings (SSSR count). The third-order valence-electron chi connectivity index (χ3n) is 2.58. The summed E-state index contributed by atoms with van der Waals surface area (Å²) >= 11 is 3.02. The average Bonchev–Trinajstić information content (AvgIpc) is 3.17. The molecule has 104 valence electrons.